The van der Waals surface area contributed by atoms with E-state index in [1.807, 2.05) is 13.8 Å². The number of nitrogens with one attached hydrogen (secondary N) is 1. The van der Waals surface area contributed by atoms with Crippen LogP contribution in [0.25, 0.3) is 0 Å². The Hall–Kier alpha value is -0.800. The predicted octanol–water partition coefficient (Wildman–Crippen LogP) is 2.17. The van der Waals surface area contributed by atoms with Crippen LogP contribution in [0.5, 0.6) is 0 Å². The molecule has 1 unspecified atom stereocenters. The molecule has 0 amide bonds. The molecule has 3 heteroatoms. The zero-order chi connectivity index (χ0) is 10.9. The maximum atomic E-state index is 5.49. The number of hydrogen-bond donors (Lipinski definition) is 1. The van der Waals surface area contributed by atoms with E-state index in [1.165, 1.54) is 5.56 Å². The molecule has 15 heavy (non-hydrogen) atoms. The number of aryl methyl sites for hydroxylation is 2. The lowest BCUT2D eigenvalue weighted by molar-refractivity contribution is 0.171. The summed E-state index contributed by atoms with van der Waals surface area (Å²) in [5.41, 5.74) is 1.39. The highest BCUT2D eigenvalue weighted by Crippen LogP contribution is 2.20. The zero-order valence-corrected chi connectivity index (χ0v) is 9.72. The van der Waals surface area contributed by atoms with Crippen molar-refractivity contribution in [1.29, 1.82) is 0 Å². The minimum atomic E-state index is 0.137. The van der Waals surface area contributed by atoms with Crippen molar-refractivity contribution < 1.29 is 9.15 Å². The summed E-state index contributed by atoms with van der Waals surface area (Å²) in [7, 11) is 0. The van der Waals surface area contributed by atoms with E-state index < -0.39 is 0 Å². The standard InChI is InChI=1S/C12H19NO2/c1-9-6-11(10(2)15-9)7-13-12(3)4-5-14-8-12/h6,13H,4-5,7-8H2,1-3H3. The van der Waals surface area contributed by atoms with Gasteiger partial charge in [0.1, 0.15) is 11.5 Å². The Labute approximate surface area is 90.8 Å². The molecule has 0 aliphatic carbocycles. The molecule has 1 fully saturated rings. The van der Waals surface area contributed by atoms with Crippen LogP contribution in [0.2, 0.25) is 0 Å². The third-order valence-corrected chi connectivity index (χ3v) is 3.07. The Kier molecular flexibility index (Phi) is 2.85. The van der Waals surface area contributed by atoms with Crippen LogP contribution in [0.4, 0.5) is 0 Å². The molecule has 0 radical (unpaired) electrons. The van der Waals surface area contributed by atoms with Gasteiger partial charge in [0.15, 0.2) is 0 Å². The van der Waals surface area contributed by atoms with E-state index in [2.05, 4.69) is 18.3 Å². The lowest BCUT2D eigenvalue weighted by Crippen LogP contribution is -2.42. The Morgan fingerprint density at radius 2 is 2.27 bits per heavy atom. The number of furan rings is 1. The maximum absolute atomic E-state index is 5.49. The molecule has 1 aliphatic rings. The van der Waals surface area contributed by atoms with Crippen molar-refractivity contribution >= 4 is 0 Å². The fraction of sp³-hybridized carbons (Fsp3) is 0.667. The Morgan fingerprint density at radius 1 is 1.47 bits per heavy atom. The van der Waals surface area contributed by atoms with E-state index in [0.717, 1.165) is 37.7 Å². The largest absolute Gasteiger partial charge is 0.466 e. The quantitative estimate of drug-likeness (QED) is 0.828. The van der Waals surface area contributed by atoms with Gasteiger partial charge in [-0.25, -0.2) is 0 Å². The second-order valence-corrected chi connectivity index (χ2v) is 4.66. The van der Waals surface area contributed by atoms with Gasteiger partial charge in [0.05, 0.1) is 6.61 Å². The molecule has 1 saturated heterocycles. The van der Waals surface area contributed by atoms with E-state index in [-0.39, 0.29) is 5.54 Å². The fourth-order valence-corrected chi connectivity index (χ4v) is 1.97. The van der Waals surface area contributed by atoms with Crippen LogP contribution in [-0.4, -0.2) is 18.8 Å². The van der Waals surface area contributed by atoms with Gasteiger partial charge < -0.3 is 14.5 Å². The van der Waals surface area contributed by atoms with Gasteiger partial charge in [-0.05, 0) is 33.3 Å². The first-order valence-electron chi connectivity index (χ1n) is 5.48. The summed E-state index contributed by atoms with van der Waals surface area (Å²) >= 11 is 0. The maximum Gasteiger partial charge on any atom is 0.105 e. The van der Waals surface area contributed by atoms with Crippen LogP contribution in [0.1, 0.15) is 30.4 Å². The first-order chi connectivity index (χ1) is 7.09. The average Bonchev–Trinajstić information content (AvgIpc) is 2.71. The van der Waals surface area contributed by atoms with Crippen LogP contribution in [-0.2, 0) is 11.3 Å². The van der Waals surface area contributed by atoms with Crippen LogP contribution >= 0.6 is 0 Å². The summed E-state index contributed by atoms with van der Waals surface area (Å²) < 4.78 is 10.9. The first kappa shape index (κ1) is 10.7. The summed E-state index contributed by atoms with van der Waals surface area (Å²) in [6, 6.07) is 2.10. The molecule has 1 aromatic rings. The van der Waals surface area contributed by atoms with Crippen LogP contribution < -0.4 is 5.32 Å². The minimum absolute atomic E-state index is 0.137. The van der Waals surface area contributed by atoms with Gasteiger partial charge in [0.25, 0.3) is 0 Å². The van der Waals surface area contributed by atoms with E-state index in [1.54, 1.807) is 0 Å². The zero-order valence-electron chi connectivity index (χ0n) is 9.72. The minimum Gasteiger partial charge on any atom is -0.466 e. The molecule has 1 aromatic heterocycles. The van der Waals surface area contributed by atoms with E-state index in [9.17, 15) is 0 Å². The van der Waals surface area contributed by atoms with Crippen LogP contribution in [0.3, 0.4) is 0 Å². The molecule has 1 atom stereocenters. The third-order valence-electron chi connectivity index (χ3n) is 3.07. The van der Waals surface area contributed by atoms with Gasteiger partial charge in [-0.3, -0.25) is 0 Å². The van der Waals surface area contributed by atoms with Crippen molar-refractivity contribution in [1.82, 2.24) is 5.32 Å². The topological polar surface area (TPSA) is 34.4 Å². The molecule has 3 nitrogen and oxygen atoms in total. The first-order valence-corrected chi connectivity index (χ1v) is 5.48. The SMILES string of the molecule is Cc1cc(CNC2(C)CCOC2)c(C)o1. The van der Waals surface area contributed by atoms with Gasteiger partial charge in [-0.2, -0.15) is 0 Å². The van der Waals surface area contributed by atoms with Gasteiger partial charge in [0.2, 0.25) is 0 Å². The highest BCUT2D eigenvalue weighted by Gasteiger charge is 2.28. The predicted molar refractivity (Wildman–Crippen MR) is 58.9 cm³/mol. The second-order valence-electron chi connectivity index (χ2n) is 4.66. The van der Waals surface area contributed by atoms with Gasteiger partial charge in [-0.1, -0.05) is 0 Å². The molecule has 1 N–H and O–H groups in total. The molecule has 2 rings (SSSR count). The van der Waals surface area contributed by atoms with Gasteiger partial charge >= 0.3 is 0 Å². The van der Waals surface area contributed by atoms with E-state index in [4.69, 9.17) is 9.15 Å². The lowest BCUT2D eigenvalue weighted by Gasteiger charge is -2.23. The number of ether oxygens (including phenoxy) is 1. The van der Waals surface area contributed by atoms with Crippen molar-refractivity contribution in [3.05, 3.63) is 23.2 Å². The van der Waals surface area contributed by atoms with E-state index in [0.29, 0.717) is 0 Å². The normalized spacial score (nSPS) is 26.1. The molecular formula is C12H19NO2. The molecule has 2 heterocycles. The van der Waals surface area contributed by atoms with Crippen molar-refractivity contribution in [3.63, 3.8) is 0 Å². The van der Waals surface area contributed by atoms with E-state index >= 15 is 0 Å². The van der Waals surface area contributed by atoms with Gasteiger partial charge in [-0.15, -0.1) is 0 Å². The molecule has 84 valence electrons. The second kappa shape index (κ2) is 3.99. The summed E-state index contributed by atoms with van der Waals surface area (Å²) in [6.07, 6.45) is 1.09. The molecule has 0 spiro atoms. The molecule has 1 aliphatic heterocycles. The summed E-state index contributed by atoms with van der Waals surface area (Å²) in [6.45, 7) is 8.75. The van der Waals surface area contributed by atoms with Crippen molar-refractivity contribution in [2.24, 2.45) is 0 Å². The van der Waals surface area contributed by atoms with Crippen LogP contribution in [0.15, 0.2) is 10.5 Å². The van der Waals surface area contributed by atoms with Crippen molar-refractivity contribution in [2.45, 2.75) is 39.3 Å². The average molecular weight is 209 g/mol. The lowest BCUT2D eigenvalue weighted by atomic mass is 10.0. The molecule has 0 bridgehead atoms. The fourth-order valence-electron chi connectivity index (χ4n) is 1.97. The Bertz CT molecular complexity index is 337. The van der Waals surface area contributed by atoms with Gasteiger partial charge in [0, 0.05) is 24.3 Å². The van der Waals surface area contributed by atoms with Crippen molar-refractivity contribution in [3.8, 4) is 0 Å². The summed E-state index contributed by atoms with van der Waals surface area (Å²) in [4.78, 5) is 0. The molecular weight excluding hydrogens is 190 g/mol. The Morgan fingerprint density at radius 3 is 2.80 bits per heavy atom. The third kappa shape index (κ3) is 2.41. The smallest absolute Gasteiger partial charge is 0.105 e. The molecule has 0 saturated carbocycles. The van der Waals surface area contributed by atoms with Crippen molar-refractivity contribution in [2.75, 3.05) is 13.2 Å². The highest BCUT2D eigenvalue weighted by molar-refractivity contribution is 5.20. The number of hydrogen-bond acceptors (Lipinski definition) is 3. The highest BCUT2D eigenvalue weighted by atomic mass is 16.5. The van der Waals surface area contributed by atoms with Crippen LogP contribution in [0, 0.1) is 13.8 Å². The monoisotopic (exact) mass is 209 g/mol. The number of rotatable bonds is 3. The Balaban J connectivity index is 1.95. The molecule has 0 aromatic carbocycles. The summed E-state index contributed by atoms with van der Waals surface area (Å²) in [5, 5.41) is 3.54. The summed E-state index contributed by atoms with van der Waals surface area (Å²) in [5.74, 6) is 2.00.